The zero-order chi connectivity index (χ0) is 17.0. The Morgan fingerprint density at radius 1 is 1.46 bits per heavy atom. The van der Waals surface area contributed by atoms with Gasteiger partial charge in [-0.2, -0.15) is 0 Å². The first-order chi connectivity index (χ1) is 11.6. The molecule has 24 heavy (non-hydrogen) atoms. The molecule has 0 radical (unpaired) electrons. The topological polar surface area (TPSA) is 80.8 Å². The van der Waals surface area contributed by atoms with Crippen LogP contribution in [0.2, 0.25) is 0 Å². The fourth-order valence-electron chi connectivity index (χ4n) is 3.41. The fraction of sp³-hybridized carbons (Fsp3) is 0.588. The molecule has 1 aromatic heterocycles. The van der Waals surface area contributed by atoms with Crippen LogP contribution >= 0.6 is 0 Å². The van der Waals surface area contributed by atoms with Gasteiger partial charge in [-0.05, 0) is 25.0 Å². The summed E-state index contributed by atoms with van der Waals surface area (Å²) in [5.41, 5.74) is 0.293. The Morgan fingerprint density at radius 3 is 3.00 bits per heavy atom. The molecule has 130 valence electrons. The Kier molecular flexibility index (Phi) is 5.11. The molecule has 2 aliphatic rings. The van der Waals surface area contributed by atoms with Gasteiger partial charge in [-0.15, -0.1) is 0 Å². The van der Waals surface area contributed by atoms with Crippen molar-refractivity contribution in [1.29, 1.82) is 0 Å². The van der Waals surface area contributed by atoms with Gasteiger partial charge in [0.2, 0.25) is 5.91 Å². The van der Waals surface area contributed by atoms with Gasteiger partial charge >= 0.3 is 0 Å². The smallest absolute Gasteiger partial charge is 0.254 e. The number of hydrogen-bond acceptors (Lipinski definition) is 5. The minimum atomic E-state index is -0.353. The highest BCUT2D eigenvalue weighted by atomic mass is 16.6. The quantitative estimate of drug-likeness (QED) is 0.873. The van der Waals surface area contributed by atoms with E-state index in [1.165, 1.54) is 0 Å². The second-order valence-corrected chi connectivity index (χ2v) is 6.37. The number of likely N-dealkylation sites (tertiary alicyclic amines) is 1. The van der Waals surface area contributed by atoms with Gasteiger partial charge in [0.15, 0.2) is 0 Å². The number of aromatic nitrogens is 1. The number of nitrogens with one attached hydrogen (secondary N) is 1. The summed E-state index contributed by atoms with van der Waals surface area (Å²) >= 11 is 0. The lowest BCUT2D eigenvalue weighted by Crippen LogP contribution is -2.50. The summed E-state index contributed by atoms with van der Waals surface area (Å²) in [6, 6.07) is 3.46. The second-order valence-electron chi connectivity index (χ2n) is 6.37. The normalized spacial score (nSPS) is 26.5. The van der Waals surface area contributed by atoms with Gasteiger partial charge < -0.3 is 19.7 Å². The summed E-state index contributed by atoms with van der Waals surface area (Å²) < 4.78 is 11.6. The van der Waals surface area contributed by atoms with Crippen LogP contribution in [-0.2, 0) is 14.3 Å². The molecule has 7 heteroatoms. The largest absolute Gasteiger partial charge is 0.370 e. The number of nitrogens with zero attached hydrogens (tertiary/aromatic N) is 2. The van der Waals surface area contributed by atoms with Crippen molar-refractivity contribution in [3.8, 4) is 0 Å². The molecule has 2 amide bonds. The molecule has 2 fully saturated rings. The van der Waals surface area contributed by atoms with Crippen molar-refractivity contribution in [3.63, 3.8) is 0 Å². The summed E-state index contributed by atoms with van der Waals surface area (Å²) in [7, 11) is 1.59. The Bertz CT molecular complexity index is 595. The molecule has 1 aromatic rings. The molecule has 1 spiro atoms. The second kappa shape index (κ2) is 7.27. The van der Waals surface area contributed by atoms with E-state index >= 15 is 0 Å². The van der Waals surface area contributed by atoms with Crippen LogP contribution < -0.4 is 5.32 Å². The number of hydrogen-bond donors (Lipinski definition) is 1. The molecular weight excluding hydrogens is 310 g/mol. The number of carbonyl (C=O) groups is 2. The Labute approximate surface area is 141 Å². The molecule has 3 rings (SSSR count). The molecule has 1 N–H and O–H groups in total. The zero-order valence-corrected chi connectivity index (χ0v) is 13.9. The van der Waals surface area contributed by atoms with Crippen molar-refractivity contribution in [2.45, 2.75) is 31.0 Å². The van der Waals surface area contributed by atoms with Crippen LogP contribution in [-0.4, -0.2) is 66.8 Å². The first-order valence-corrected chi connectivity index (χ1v) is 8.27. The van der Waals surface area contributed by atoms with E-state index in [-0.39, 0.29) is 30.1 Å². The third kappa shape index (κ3) is 3.73. The molecule has 0 aromatic carbocycles. The molecular formula is C17H23N3O4. The van der Waals surface area contributed by atoms with Crippen molar-refractivity contribution in [2.24, 2.45) is 0 Å². The lowest BCUT2D eigenvalue weighted by molar-refractivity contribution is -0.127. The van der Waals surface area contributed by atoms with Crippen LogP contribution in [0.15, 0.2) is 24.5 Å². The van der Waals surface area contributed by atoms with Crippen molar-refractivity contribution in [1.82, 2.24) is 15.2 Å². The van der Waals surface area contributed by atoms with E-state index in [9.17, 15) is 9.59 Å². The SMILES string of the molecule is CNC(=O)CO[C@H]1CO[C@@]2(CCCN(C(=O)c3ccncc3)C2)C1. The van der Waals surface area contributed by atoms with Gasteiger partial charge in [-0.3, -0.25) is 14.6 Å². The summed E-state index contributed by atoms with van der Waals surface area (Å²) in [6.45, 7) is 1.80. The maximum atomic E-state index is 12.6. The third-order valence-corrected chi connectivity index (χ3v) is 4.66. The van der Waals surface area contributed by atoms with Crippen molar-refractivity contribution >= 4 is 11.8 Å². The molecule has 0 bridgehead atoms. The fourth-order valence-corrected chi connectivity index (χ4v) is 3.41. The molecule has 3 heterocycles. The number of pyridine rings is 1. The number of piperidine rings is 1. The summed E-state index contributed by atoms with van der Waals surface area (Å²) in [5.74, 6) is -0.135. The first kappa shape index (κ1) is 16.9. The van der Waals surface area contributed by atoms with Crippen LogP contribution in [0.1, 0.15) is 29.6 Å². The maximum absolute atomic E-state index is 12.6. The number of carbonyl (C=O) groups excluding carboxylic acids is 2. The molecule has 2 atom stereocenters. The highest BCUT2D eigenvalue weighted by Crippen LogP contribution is 2.36. The summed E-state index contributed by atoms with van der Waals surface area (Å²) in [5, 5.41) is 2.54. The van der Waals surface area contributed by atoms with Gasteiger partial charge in [0, 0.05) is 38.0 Å². The van der Waals surface area contributed by atoms with Crippen LogP contribution in [0.5, 0.6) is 0 Å². The summed E-state index contributed by atoms with van der Waals surface area (Å²) in [6.07, 6.45) is 5.68. The minimum Gasteiger partial charge on any atom is -0.370 e. The van der Waals surface area contributed by atoms with Crippen molar-refractivity contribution in [3.05, 3.63) is 30.1 Å². The minimum absolute atomic E-state index is 0.00908. The number of ether oxygens (including phenoxy) is 2. The highest BCUT2D eigenvalue weighted by molar-refractivity contribution is 5.94. The van der Waals surface area contributed by atoms with Crippen molar-refractivity contribution in [2.75, 3.05) is 33.4 Å². The molecule has 2 aliphatic heterocycles. The van der Waals surface area contributed by atoms with Crippen LogP contribution in [0.4, 0.5) is 0 Å². The third-order valence-electron chi connectivity index (χ3n) is 4.66. The van der Waals surface area contributed by atoms with Crippen LogP contribution in [0.25, 0.3) is 0 Å². The Morgan fingerprint density at radius 2 is 2.25 bits per heavy atom. The monoisotopic (exact) mass is 333 g/mol. The standard InChI is InChI=1S/C17H23N3O4/c1-18-15(21)11-23-14-9-17(24-10-14)5-2-8-20(12-17)16(22)13-3-6-19-7-4-13/h3-4,6-7,14H,2,5,8-12H2,1H3,(H,18,21)/t14-,17+/m1/s1. The van der Waals surface area contributed by atoms with E-state index in [2.05, 4.69) is 10.3 Å². The lowest BCUT2D eigenvalue weighted by Gasteiger charge is -2.39. The number of amides is 2. The van der Waals surface area contributed by atoms with Gasteiger partial charge in [-0.25, -0.2) is 0 Å². The number of rotatable bonds is 4. The zero-order valence-electron chi connectivity index (χ0n) is 13.9. The highest BCUT2D eigenvalue weighted by Gasteiger charge is 2.45. The van der Waals surface area contributed by atoms with Crippen LogP contribution in [0, 0.1) is 0 Å². The van der Waals surface area contributed by atoms with E-state index in [0.717, 1.165) is 19.4 Å². The number of likely N-dealkylation sites (N-methyl/N-ethyl adjacent to an activating group) is 1. The van der Waals surface area contributed by atoms with Gasteiger partial charge in [0.05, 0.1) is 24.9 Å². The molecule has 0 saturated carbocycles. The van der Waals surface area contributed by atoms with E-state index in [1.807, 2.05) is 4.90 Å². The molecule has 0 unspecified atom stereocenters. The Balaban J connectivity index is 1.59. The van der Waals surface area contributed by atoms with Gasteiger partial charge in [0.1, 0.15) is 6.61 Å². The maximum Gasteiger partial charge on any atom is 0.254 e. The average molecular weight is 333 g/mol. The van der Waals surface area contributed by atoms with E-state index < -0.39 is 0 Å². The summed E-state index contributed by atoms with van der Waals surface area (Å²) in [4.78, 5) is 29.7. The lowest BCUT2D eigenvalue weighted by atomic mass is 9.89. The van der Waals surface area contributed by atoms with Crippen LogP contribution in [0.3, 0.4) is 0 Å². The Hall–Kier alpha value is -1.99. The van der Waals surface area contributed by atoms with Gasteiger partial charge in [-0.1, -0.05) is 0 Å². The first-order valence-electron chi connectivity index (χ1n) is 8.27. The molecule has 7 nitrogen and oxygen atoms in total. The molecule has 2 saturated heterocycles. The van der Waals surface area contributed by atoms with E-state index in [1.54, 1.807) is 31.6 Å². The predicted octanol–water partition coefficient (Wildman–Crippen LogP) is 0.608. The van der Waals surface area contributed by atoms with E-state index in [4.69, 9.17) is 9.47 Å². The molecule has 0 aliphatic carbocycles. The average Bonchev–Trinajstić information content (AvgIpc) is 3.02. The van der Waals surface area contributed by atoms with Gasteiger partial charge in [0.25, 0.3) is 5.91 Å². The predicted molar refractivity (Wildman–Crippen MR) is 86.5 cm³/mol. The van der Waals surface area contributed by atoms with Crippen molar-refractivity contribution < 1.29 is 19.1 Å². The van der Waals surface area contributed by atoms with E-state index in [0.29, 0.717) is 25.1 Å².